The number of piperidine rings is 1. The lowest BCUT2D eigenvalue weighted by Gasteiger charge is -2.29. The van der Waals surface area contributed by atoms with Crippen LogP contribution in [-0.2, 0) is 11.3 Å². The molecule has 2 rings (SSSR count). The van der Waals surface area contributed by atoms with Gasteiger partial charge in [0.15, 0.2) is 0 Å². The van der Waals surface area contributed by atoms with Gasteiger partial charge in [0.25, 0.3) is 0 Å². The number of nitrogens with zero attached hydrogens (tertiary/aromatic N) is 2. The highest BCUT2D eigenvalue weighted by Crippen LogP contribution is 2.17. The number of urea groups is 1. The third kappa shape index (κ3) is 3.46. The minimum absolute atomic E-state index is 0.209. The third-order valence-corrected chi connectivity index (χ3v) is 3.19. The van der Waals surface area contributed by atoms with E-state index in [0.29, 0.717) is 37.6 Å². The van der Waals surface area contributed by atoms with Gasteiger partial charge in [-0.3, -0.25) is 4.79 Å². The van der Waals surface area contributed by atoms with E-state index >= 15 is 0 Å². The number of carboxylic acids is 1. The molecular weight excluding hydrogens is 250 g/mol. The summed E-state index contributed by atoms with van der Waals surface area (Å²) in [7, 11) is 0. The van der Waals surface area contributed by atoms with Crippen molar-refractivity contribution >= 4 is 12.0 Å². The van der Waals surface area contributed by atoms with Crippen LogP contribution in [0.2, 0.25) is 0 Å². The Labute approximate surface area is 110 Å². The standard InChI is InChI=1S/C12H17N3O4/c1-8-6-13-10(19-8)7-14-12(18)15-4-2-9(3-5-15)11(16)17/h6,9H,2-5,7H2,1H3,(H,14,18)(H,16,17). The van der Waals surface area contributed by atoms with Crippen LogP contribution < -0.4 is 5.32 Å². The molecule has 1 aliphatic heterocycles. The van der Waals surface area contributed by atoms with Crippen molar-refractivity contribution in [3.8, 4) is 0 Å². The van der Waals surface area contributed by atoms with E-state index in [9.17, 15) is 9.59 Å². The summed E-state index contributed by atoms with van der Waals surface area (Å²) < 4.78 is 5.25. The second-order valence-electron chi connectivity index (χ2n) is 4.62. The minimum atomic E-state index is -0.782. The molecule has 1 saturated heterocycles. The molecule has 104 valence electrons. The van der Waals surface area contributed by atoms with E-state index in [2.05, 4.69) is 10.3 Å². The predicted octanol–water partition coefficient (Wildman–Crippen LogP) is 0.989. The van der Waals surface area contributed by atoms with Crippen LogP contribution in [0, 0.1) is 12.8 Å². The van der Waals surface area contributed by atoms with Crippen LogP contribution in [0.4, 0.5) is 4.79 Å². The molecule has 0 bridgehead atoms. The Morgan fingerprint density at radius 3 is 2.74 bits per heavy atom. The summed E-state index contributed by atoms with van der Waals surface area (Å²) in [4.78, 5) is 28.3. The summed E-state index contributed by atoms with van der Waals surface area (Å²) in [6.45, 7) is 2.96. The number of carbonyl (C=O) groups excluding carboxylic acids is 1. The largest absolute Gasteiger partial charge is 0.481 e. The lowest BCUT2D eigenvalue weighted by atomic mass is 9.97. The van der Waals surface area contributed by atoms with Gasteiger partial charge in [0, 0.05) is 13.1 Å². The number of nitrogens with one attached hydrogen (secondary N) is 1. The molecule has 0 spiro atoms. The fourth-order valence-electron chi connectivity index (χ4n) is 2.08. The maximum atomic E-state index is 11.9. The number of amides is 2. The molecule has 1 fully saturated rings. The highest BCUT2D eigenvalue weighted by atomic mass is 16.4. The lowest BCUT2D eigenvalue weighted by Crippen LogP contribution is -2.45. The number of carboxylic acid groups (broad SMARTS) is 1. The van der Waals surface area contributed by atoms with Gasteiger partial charge in [-0.2, -0.15) is 0 Å². The van der Waals surface area contributed by atoms with Gasteiger partial charge >= 0.3 is 12.0 Å². The number of hydrogen-bond acceptors (Lipinski definition) is 4. The van der Waals surface area contributed by atoms with Crippen molar-refractivity contribution in [2.45, 2.75) is 26.3 Å². The average molecular weight is 267 g/mol. The zero-order valence-electron chi connectivity index (χ0n) is 10.8. The van der Waals surface area contributed by atoms with Gasteiger partial charge in [-0.25, -0.2) is 9.78 Å². The second kappa shape index (κ2) is 5.73. The molecular formula is C12H17N3O4. The molecule has 7 nitrogen and oxygen atoms in total. The molecule has 1 aromatic heterocycles. The van der Waals surface area contributed by atoms with Gasteiger partial charge in [-0.05, 0) is 19.8 Å². The fourth-order valence-corrected chi connectivity index (χ4v) is 2.08. The average Bonchev–Trinajstić information content (AvgIpc) is 2.82. The summed E-state index contributed by atoms with van der Waals surface area (Å²) in [5, 5.41) is 11.6. The van der Waals surface area contributed by atoms with Crippen molar-refractivity contribution in [3.05, 3.63) is 17.8 Å². The molecule has 2 heterocycles. The topological polar surface area (TPSA) is 95.7 Å². The summed E-state index contributed by atoms with van der Waals surface area (Å²) in [5.41, 5.74) is 0. The van der Waals surface area contributed by atoms with Crippen molar-refractivity contribution in [2.75, 3.05) is 13.1 Å². The maximum Gasteiger partial charge on any atom is 0.317 e. The van der Waals surface area contributed by atoms with E-state index < -0.39 is 5.97 Å². The van der Waals surface area contributed by atoms with E-state index in [4.69, 9.17) is 9.52 Å². The summed E-state index contributed by atoms with van der Waals surface area (Å²) in [6, 6.07) is -0.209. The Morgan fingerprint density at radius 2 is 2.21 bits per heavy atom. The number of carbonyl (C=O) groups is 2. The van der Waals surface area contributed by atoms with Crippen molar-refractivity contribution in [3.63, 3.8) is 0 Å². The first-order chi connectivity index (χ1) is 9.06. The van der Waals surface area contributed by atoms with Crippen LogP contribution in [0.25, 0.3) is 0 Å². The van der Waals surface area contributed by atoms with E-state index in [1.54, 1.807) is 18.0 Å². The van der Waals surface area contributed by atoms with Gasteiger partial charge in [0.1, 0.15) is 5.76 Å². The highest BCUT2D eigenvalue weighted by Gasteiger charge is 2.26. The Balaban J connectivity index is 1.77. The predicted molar refractivity (Wildman–Crippen MR) is 65.4 cm³/mol. The Kier molecular flexibility index (Phi) is 4.03. The van der Waals surface area contributed by atoms with Crippen LogP contribution in [0.5, 0.6) is 0 Å². The quantitative estimate of drug-likeness (QED) is 0.851. The fraction of sp³-hybridized carbons (Fsp3) is 0.583. The van der Waals surface area contributed by atoms with Crippen molar-refractivity contribution < 1.29 is 19.1 Å². The Hall–Kier alpha value is -2.05. The lowest BCUT2D eigenvalue weighted by molar-refractivity contribution is -0.143. The highest BCUT2D eigenvalue weighted by molar-refractivity contribution is 5.75. The number of rotatable bonds is 3. The van der Waals surface area contributed by atoms with Gasteiger partial charge in [0.2, 0.25) is 5.89 Å². The van der Waals surface area contributed by atoms with E-state index in [1.165, 1.54) is 0 Å². The molecule has 1 aliphatic rings. The SMILES string of the molecule is Cc1cnc(CNC(=O)N2CCC(C(=O)O)CC2)o1. The normalized spacial score (nSPS) is 16.4. The van der Waals surface area contributed by atoms with Crippen LogP contribution in [0.3, 0.4) is 0 Å². The van der Waals surface area contributed by atoms with Crippen LogP contribution in [0.15, 0.2) is 10.6 Å². The van der Waals surface area contributed by atoms with Crippen LogP contribution >= 0.6 is 0 Å². The smallest absolute Gasteiger partial charge is 0.317 e. The number of likely N-dealkylation sites (tertiary alicyclic amines) is 1. The molecule has 7 heteroatoms. The number of aliphatic carboxylic acids is 1. The zero-order chi connectivity index (χ0) is 13.8. The first kappa shape index (κ1) is 13.4. The molecule has 0 unspecified atom stereocenters. The molecule has 0 atom stereocenters. The van der Waals surface area contributed by atoms with Gasteiger partial charge in [0.05, 0.1) is 18.7 Å². The van der Waals surface area contributed by atoms with Crippen LogP contribution in [-0.4, -0.2) is 40.1 Å². The second-order valence-corrected chi connectivity index (χ2v) is 4.62. The molecule has 1 aromatic rings. The van der Waals surface area contributed by atoms with Crippen molar-refractivity contribution in [1.29, 1.82) is 0 Å². The zero-order valence-corrected chi connectivity index (χ0v) is 10.8. The summed E-state index contributed by atoms with van der Waals surface area (Å²) in [5.74, 6) is 0.0477. The van der Waals surface area contributed by atoms with Crippen molar-refractivity contribution in [1.82, 2.24) is 15.2 Å². The molecule has 2 amide bonds. The third-order valence-electron chi connectivity index (χ3n) is 3.19. The number of hydrogen-bond donors (Lipinski definition) is 2. The minimum Gasteiger partial charge on any atom is -0.481 e. The van der Waals surface area contributed by atoms with Gasteiger partial charge in [-0.1, -0.05) is 0 Å². The molecule has 0 saturated carbocycles. The molecule has 0 aliphatic carbocycles. The molecule has 2 N–H and O–H groups in total. The number of aromatic nitrogens is 1. The number of aryl methyl sites for hydroxylation is 1. The first-order valence-corrected chi connectivity index (χ1v) is 6.23. The van der Waals surface area contributed by atoms with E-state index in [0.717, 1.165) is 0 Å². The van der Waals surface area contributed by atoms with Crippen molar-refractivity contribution in [2.24, 2.45) is 5.92 Å². The monoisotopic (exact) mass is 267 g/mol. The summed E-state index contributed by atoms with van der Waals surface area (Å²) >= 11 is 0. The molecule has 19 heavy (non-hydrogen) atoms. The van der Waals surface area contributed by atoms with Gasteiger partial charge < -0.3 is 19.7 Å². The van der Waals surface area contributed by atoms with E-state index in [1.807, 2.05) is 0 Å². The number of oxazole rings is 1. The van der Waals surface area contributed by atoms with E-state index in [-0.39, 0.29) is 18.5 Å². The van der Waals surface area contributed by atoms with Crippen LogP contribution in [0.1, 0.15) is 24.5 Å². The Morgan fingerprint density at radius 1 is 1.53 bits per heavy atom. The molecule has 0 radical (unpaired) electrons. The maximum absolute atomic E-state index is 11.9. The van der Waals surface area contributed by atoms with Gasteiger partial charge in [-0.15, -0.1) is 0 Å². The first-order valence-electron chi connectivity index (χ1n) is 6.23. The summed E-state index contributed by atoms with van der Waals surface area (Å²) in [6.07, 6.45) is 2.60. The Bertz CT molecular complexity index is 463. The molecule has 0 aromatic carbocycles.